The van der Waals surface area contributed by atoms with E-state index in [1.165, 1.54) is 6.07 Å². The van der Waals surface area contributed by atoms with Crippen molar-refractivity contribution in [2.24, 2.45) is 0 Å². The number of benzene rings is 1. The molecular weight excluding hydrogens is 329 g/mol. The van der Waals surface area contributed by atoms with Crippen LogP contribution in [0.1, 0.15) is 25.3 Å². The van der Waals surface area contributed by atoms with Crippen molar-refractivity contribution in [3.8, 4) is 0 Å². The molecule has 2 heterocycles. The molecule has 0 saturated carbocycles. The maximum absolute atomic E-state index is 13.3. The number of unbranched alkanes of at least 4 members (excludes halogenated alkanes) is 1. The number of anilines is 2. The number of nitrogen functional groups attached to an aromatic ring is 1. The summed E-state index contributed by atoms with van der Waals surface area (Å²) >= 11 is 5.87. The minimum atomic E-state index is -0.421. The highest BCUT2D eigenvalue weighted by molar-refractivity contribution is 6.30. The Kier molecular flexibility index (Phi) is 4.85. The summed E-state index contributed by atoms with van der Waals surface area (Å²) in [5, 5.41) is 3.44. The maximum atomic E-state index is 13.3. The summed E-state index contributed by atoms with van der Waals surface area (Å²) in [7, 11) is 0. The van der Waals surface area contributed by atoms with E-state index >= 15 is 0 Å². The van der Waals surface area contributed by atoms with Crippen LogP contribution < -0.4 is 11.1 Å². The van der Waals surface area contributed by atoms with Gasteiger partial charge in [-0.25, -0.2) is 9.37 Å². The number of nitrogens with one attached hydrogen (secondary N) is 1. The van der Waals surface area contributed by atoms with Crippen LogP contribution in [-0.2, 0) is 6.54 Å². The van der Waals surface area contributed by atoms with Gasteiger partial charge >= 0.3 is 0 Å². The van der Waals surface area contributed by atoms with E-state index in [0.29, 0.717) is 12.4 Å². The van der Waals surface area contributed by atoms with Crippen LogP contribution in [-0.4, -0.2) is 21.1 Å². The zero-order valence-electron chi connectivity index (χ0n) is 13.4. The molecule has 0 aliphatic rings. The normalized spacial score (nSPS) is 11.1. The molecule has 3 aromatic rings. The molecule has 0 atom stereocenters. The van der Waals surface area contributed by atoms with Crippen molar-refractivity contribution in [2.75, 3.05) is 17.6 Å². The highest BCUT2D eigenvalue weighted by Crippen LogP contribution is 2.24. The lowest BCUT2D eigenvalue weighted by Gasteiger charge is -2.11. The summed E-state index contributed by atoms with van der Waals surface area (Å²) in [5.74, 6) is 0.532. The average molecular weight is 348 g/mol. The minimum Gasteiger partial charge on any atom is -0.368 e. The Hall–Kier alpha value is -2.34. The predicted molar refractivity (Wildman–Crippen MR) is 95.9 cm³/mol. The molecule has 0 unspecified atom stereocenters. The molecule has 3 N–H and O–H groups in total. The second-order valence-corrected chi connectivity index (χ2v) is 6.04. The molecule has 0 radical (unpaired) electrons. The van der Waals surface area contributed by atoms with Crippen LogP contribution in [0.15, 0.2) is 30.5 Å². The molecule has 2 aromatic heterocycles. The summed E-state index contributed by atoms with van der Waals surface area (Å²) in [6, 6.07) is 6.61. The van der Waals surface area contributed by atoms with Gasteiger partial charge in [-0.1, -0.05) is 31.0 Å². The number of hydrogen-bond donors (Lipinski definition) is 2. The third-order valence-corrected chi connectivity index (χ3v) is 4.08. The van der Waals surface area contributed by atoms with E-state index in [4.69, 9.17) is 17.3 Å². The Morgan fingerprint density at radius 2 is 2.12 bits per heavy atom. The number of fused-ring (bicyclic) bond motifs is 1. The van der Waals surface area contributed by atoms with Gasteiger partial charge in [0.15, 0.2) is 5.82 Å². The first-order valence-corrected chi connectivity index (χ1v) is 8.26. The van der Waals surface area contributed by atoms with E-state index in [2.05, 4.69) is 22.2 Å². The van der Waals surface area contributed by atoms with Crippen molar-refractivity contribution in [1.29, 1.82) is 0 Å². The molecule has 0 amide bonds. The summed E-state index contributed by atoms with van der Waals surface area (Å²) in [6.45, 7) is 3.49. The third-order valence-electron chi connectivity index (χ3n) is 3.79. The van der Waals surface area contributed by atoms with Gasteiger partial charge in [-0.05, 0) is 30.2 Å². The SMILES string of the molecule is CCCCNc1nc(N)nc2ccn(Cc3ccc(F)c(Cl)c3)c12. The van der Waals surface area contributed by atoms with Crippen molar-refractivity contribution < 1.29 is 4.39 Å². The molecular formula is C17H19ClFN5. The summed E-state index contributed by atoms with van der Waals surface area (Å²) in [6.07, 6.45) is 4.05. The first-order valence-electron chi connectivity index (χ1n) is 7.88. The smallest absolute Gasteiger partial charge is 0.222 e. The van der Waals surface area contributed by atoms with E-state index in [-0.39, 0.29) is 11.0 Å². The Labute approximate surface area is 144 Å². The number of nitrogens with zero attached hydrogens (tertiary/aromatic N) is 3. The molecule has 1 aromatic carbocycles. The zero-order chi connectivity index (χ0) is 17.1. The first kappa shape index (κ1) is 16.5. The summed E-state index contributed by atoms with van der Waals surface area (Å²) in [4.78, 5) is 8.61. The van der Waals surface area contributed by atoms with Crippen LogP contribution in [0.4, 0.5) is 16.2 Å². The van der Waals surface area contributed by atoms with Gasteiger partial charge in [0.2, 0.25) is 5.95 Å². The highest BCUT2D eigenvalue weighted by atomic mass is 35.5. The molecule has 0 fully saturated rings. The van der Waals surface area contributed by atoms with E-state index in [1.54, 1.807) is 12.1 Å². The molecule has 0 spiro atoms. The lowest BCUT2D eigenvalue weighted by atomic mass is 10.2. The monoisotopic (exact) mass is 347 g/mol. The number of hydrogen-bond acceptors (Lipinski definition) is 4. The second-order valence-electron chi connectivity index (χ2n) is 5.64. The molecule has 3 rings (SSSR count). The fourth-order valence-corrected chi connectivity index (χ4v) is 2.80. The lowest BCUT2D eigenvalue weighted by molar-refractivity contribution is 0.627. The van der Waals surface area contributed by atoms with E-state index in [0.717, 1.165) is 36.0 Å². The van der Waals surface area contributed by atoms with Crippen LogP contribution in [0.2, 0.25) is 5.02 Å². The molecule has 0 aliphatic carbocycles. The Morgan fingerprint density at radius 3 is 2.88 bits per heavy atom. The van der Waals surface area contributed by atoms with Gasteiger partial charge in [0.1, 0.15) is 11.3 Å². The van der Waals surface area contributed by atoms with Crippen LogP contribution in [0.3, 0.4) is 0 Å². The first-order chi connectivity index (χ1) is 11.6. The topological polar surface area (TPSA) is 68.8 Å². The van der Waals surface area contributed by atoms with Crippen molar-refractivity contribution in [3.63, 3.8) is 0 Å². The van der Waals surface area contributed by atoms with Crippen LogP contribution >= 0.6 is 11.6 Å². The second kappa shape index (κ2) is 7.05. The molecule has 0 bridgehead atoms. The van der Waals surface area contributed by atoms with Gasteiger partial charge in [-0.3, -0.25) is 0 Å². The fraction of sp³-hybridized carbons (Fsp3) is 0.294. The van der Waals surface area contributed by atoms with Gasteiger partial charge in [-0.2, -0.15) is 4.98 Å². The zero-order valence-corrected chi connectivity index (χ0v) is 14.1. The van der Waals surface area contributed by atoms with Gasteiger partial charge in [0.25, 0.3) is 0 Å². The fourth-order valence-electron chi connectivity index (χ4n) is 2.60. The van der Waals surface area contributed by atoms with Crippen molar-refractivity contribution >= 4 is 34.4 Å². The van der Waals surface area contributed by atoms with Crippen molar-refractivity contribution in [3.05, 3.63) is 46.9 Å². The predicted octanol–water partition coefficient (Wildman–Crippen LogP) is 4.07. The average Bonchev–Trinajstić information content (AvgIpc) is 2.94. The van der Waals surface area contributed by atoms with Gasteiger partial charge in [0, 0.05) is 19.3 Å². The Balaban J connectivity index is 1.96. The molecule has 0 saturated heterocycles. The van der Waals surface area contributed by atoms with E-state index in [1.807, 2.05) is 16.8 Å². The van der Waals surface area contributed by atoms with Crippen molar-refractivity contribution in [2.45, 2.75) is 26.3 Å². The molecule has 126 valence electrons. The lowest BCUT2D eigenvalue weighted by Crippen LogP contribution is -2.09. The van der Waals surface area contributed by atoms with Gasteiger partial charge in [0.05, 0.1) is 10.5 Å². The number of rotatable bonds is 6. The van der Waals surface area contributed by atoms with Gasteiger partial charge < -0.3 is 15.6 Å². The molecule has 0 aliphatic heterocycles. The quantitative estimate of drug-likeness (QED) is 0.659. The summed E-state index contributed by atoms with van der Waals surface area (Å²) in [5.41, 5.74) is 8.34. The Bertz CT molecular complexity index is 862. The van der Waals surface area contributed by atoms with Crippen molar-refractivity contribution in [1.82, 2.24) is 14.5 Å². The standard InChI is InChI=1S/C17H19ClFN5/c1-2-3-7-21-16-15-14(22-17(20)23-16)6-8-24(15)10-11-4-5-13(19)12(18)9-11/h4-6,8-9H,2-3,7,10H2,1H3,(H3,20,21,22,23). The largest absolute Gasteiger partial charge is 0.368 e. The van der Waals surface area contributed by atoms with Crippen LogP contribution in [0.25, 0.3) is 11.0 Å². The van der Waals surface area contributed by atoms with Crippen LogP contribution in [0, 0.1) is 5.82 Å². The van der Waals surface area contributed by atoms with E-state index < -0.39 is 5.82 Å². The third kappa shape index (κ3) is 3.43. The minimum absolute atomic E-state index is 0.116. The summed E-state index contributed by atoms with van der Waals surface area (Å²) < 4.78 is 15.3. The molecule has 7 heteroatoms. The Morgan fingerprint density at radius 1 is 1.29 bits per heavy atom. The van der Waals surface area contributed by atoms with Crippen LogP contribution in [0.5, 0.6) is 0 Å². The van der Waals surface area contributed by atoms with E-state index in [9.17, 15) is 4.39 Å². The molecule has 5 nitrogen and oxygen atoms in total. The highest BCUT2D eigenvalue weighted by Gasteiger charge is 2.12. The van der Waals surface area contributed by atoms with Gasteiger partial charge in [-0.15, -0.1) is 0 Å². The number of aromatic nitrogens is 3. The maximum Gasteiger partial charge on any atom is 0.222 e. The number of nitrogens with two attached hydrogens (primary N) is 1. The number of halogens is 2. The molecule has 24 heavy (non-hydrogen) atoms.